The summed E-state index contributed by atoms with van der Waals surface area (Å²) in [6.45, 7) is 1.93. The van der Waals surface area contributed by atoms with Gasteiger partial charge in [-0.05, 0) is 61.4 Å². The molecule has 7 heteroatoms. The van der Waals surface area contributed by atoms with E-state index >= 15 is 0 Å². The quantitative estimate of drug-likeness (QED) is 0.651. The van der Waals surface area contributed by atoms with E-state index in [1.165, 1.54) is 5.69 Å². The molecule has 2 aromatic carbocycles. The van der Waals surface area contributed by atoms with Gasteiger partial charge in [0.05, 0.1) is 7.11 Å². The van der Waals surface area contributed by atoms with Crippen LogP contribution in [0.15, 0.2) is 66.7 Å². The number of hydrogen-bond donors (Lipinski definition) is 2. The van der Waals surface area contributed by atoms with E-state index in [0.717, 1.165) is 37.4 Å². The summed E-state index contributed by atoms with van der Waals surface area (Å²) < 4.78 is 5.23. The van der Waals surface area contributed by atoms with E-state index in [1.54, 1.807) is 13.2 Å². The van der Waals surface area contributed by atoms with E-state index in [4.69, 9.17) is 4.74 Å². The van der Waals surface area contributed by atoms with E-state index in [2.05, 4.69) is 37.9 Å². The maximum absolute atomic E-state index is 12.3. The summed E-state index contributed by atoms with van der Waals surface area (Å²) in [5.41, 5.74) is 2.23. The Morgan fingerprint density at radius 2 is 1.70 bits per heavy atom. The van der Waals surface area contributed by atoms with E-state index in [9.17, 15) is 4.79 Å². The molecule has 154 valence electrons. The standard InChI is InChI=1S/C23H25N5O2/c1-30-20-9-7-19(8-10-20)28-15-13-18(14-16-28)24-22-12-11-21(26-27-22)23(29)25-17-5-3-2-4-6-17/h2-12,18H,13-16H2,1H3,(H,24,27)(H,25,29). The fourth-order valence-corrected chi connectivity index (χ4v) is 3.53. The third-order valence-electron chi connectivity index (χ3n) is 5.21. The van der Waals surface area contributed by atoms with Crippen LogP contribution in [0.25, 0.3) is 0 Å². The second kappa shape index (κ2) is 9.26. The molecule has 0 radical (unpaired) electrons. The van der Waals surface area contributed by atoms with Crippen LogP contribution in [0.1, 0.15) is 23.3 Å². The van der Waals surface area contributed by atoms with Crippen molar-refractivity contribution in [2.45, 2.75) is 18.9 Å². The number of amides is 1. The van der Waals surface area contributed by atoms with E-state index in [-0.39, 0.29) is 5.91 Å². The van der Waals surface area contributed by atoms with E-state index in [0.29, 0.717) is 17.6 Å². The molecule has 1 aliphatic heterocycles. The molecule has 0 bridgehead atoms. The SMILES string of the molecule is COc1ccc(N2CCC(Nc3ccc(C(=O)Nc4ccccc4)nn3)CC2)cc1. The molecule has 0 unspecified atom stereocenters. The summed E-state index contributed by atoms with van der Waals surface area (Å²) in [6.07, 6.45) is 2.01. The van der Waals surface area contributed by atoms with Gasteiger partial charge in [-0.3, -0.25) is 4.79 Å². The van der Waals surface area contributed by atoms with Crippen LogP contribution in [0.4, 0.5) is 17.2 Å². The normalized spacial score (nSPS) is 14.2. The van der Waals surface area contributed by atoms with Crippen LogP contribution < -0.4 is 20.3 Å². The van der Waals surface area contributed by atoms with Crippen molar-refractivity contribution in [1.29, 1.82) is 0 Å². The summed E-state index contributed by atoms with van der Waals surface area (Å²) in [4.78, 5) is 14.7. The highest BCUT2D eigenvalue weighted by atomic mass is 16.5. The van der Waals surface area contributed by atoms with Crippen molar-refractivity contribution in [3.8, 4) is 5.75 Å². The number of aromatic nitrogens is 2. The molecule has 3 aromatic rings. The Balaban J connectivity index is 1.28. The van der Waals surface area contributed by atoms with Crippen LogP contribution in [-0.4, -0.2) is 42.3 Å². The average molecular weight is 403 g/mol. The Bertz CT molecular complexity index is 953. The number of carbonyl (C=O) groups is 1. The lowest BCUT2D eigenvalue weighted by atomic mass is 10.0. The number of anilines is 3. The number of methoxy groups -OCH3 is 1. The summed E-state index contributed by atoms with van der Waals surface area (Å²) in [6, 6.07) is 21.3. The Labute approximate surface area is 176 Å². The smallest absolute Gasteiger partial charge is 0.276 e. The van der Waals surface area contributed by atoms with Gasteiger partial charge in [-0.1, -0.05) is 18.2 Å². The molecule has 1 aromatic heterocycles. The molecule has 1 amide bonds. The number of ether oxygens (including phenoxy) is 1. The minimum atomic E-state index is -0.270. The largest absolute Gasteiger partial charge is 0.497 e. The molecule has 4 rings (SSSR count). The fourth-order valence-electron chi connectivity index (χ4n) is 3.53. The van der Waals surface area contributed by atoms with Crippen LogP contribution in [0.5, 0.6) is 5.75 Å². The molecular weight excluding hydrogens is 378 g/mol. The molecule has 0 spiro atoms. The van der Waals surface area contributed by atoms with Gasteiger partial charge in [0.1, 0.15) is 11.6 Å². The number of rotatable bonds is 6. The van der Waals surface area contributed by atoms with Gasteiger partial charge in [-0.15, -0.1) is 10.2 Å². The summed E-state index contributed by atoms with van der Waals surface area (Å²) >= 11 is 0. The molecule has 1 fully saturated rings. The maximum Gasteiger partial charge on any atom is 0.276 e. The lowest BCUT2D eigenvalue weighted by molar-refractivity contribution is 0.102. The number of hydrogen-bond acceptors (Lipinski definition) is 6. The highest BCUT2D eigenvalue weighted by molar-refractivity contribution is 6.02. The average Bonchev–Trinajstić information content (AvgIpc) is 2.81. The number of benzene rings is 2. The topological polar surface area (TPSA) is 79.4 Å². The van der Waals surface area contributed by atoms with E-state index < -0.39 is 0 Å². The highest BCUT2D eigenvalue weighted by Gasteiger charge is 2.20. The van der Waals surface area contributed by atoms with Crippen molar-refractivity contribution in [1.82, 2.24) is 10.2 Å². The van der Waals surface area contributed by atoms with Gasteiger partial charge in [0.25, 0.3) is 5.91 Å². The minimum absolute atomic E-state index is 0.270. The molecule has 2 N–H and O–H groups in total. The first-order valence-corrected chi connectivity index (χ1v) is 10.1. The number of piperidine rings is 1. The second-order valence-electron chi connectivity index (χ2n) is 7.23. The van der Waals surface area contributed by atoms with Crippen molar-refractivity contribution in [3.05, 3.63) is 72.4 Å². The molecule has 7 nitrogen and oxygen atoms in total. The third kappa shape index (κ3) is 4.86. The minimum Gasteiger partial charge on any atom is -0.497 e. The Kier molecular flexibility index (Phi) is 6.08. The molecule has 1 saturated heterocycles. The van der Waals surface area contributed by atoms with Crippen molar-refractivity contribution < 1.29 is 9.53 Å². The fraction of sp³-hybridized carbons (Fsp3) is 0.261. The lowest BCUT2D eigenvalue weighted by Crippen LogP contribution is -2.39. The molecule has 30 heavy (non-hydrogen) atoms. The van der Waals surface area contributed by atoms with Gasteiger partial charge in [-0.25, -0.2) is 0 Å². The van der Waals surface area contributed by atoms with Crippen LogP contribution in [0.3, 0.4) is 0 Å². The first-order chi connectivity index (χ1) is 14.7. The van der Waals surface area contributed by atoms with Gasteiger partial charge in [-0.2, -0.15) is 0 Å². The van der Waals surface area contributed by atoms with Gasteiger partial charge in [0.2, 0.25) is 0 Å². The Hall–Kier alpha value is -3.61. The molecular formula is C23H25N5O2. The monoisotopic (exact) mass is 403 g/mol. The molecule has 2 heterocycles. The third-order valence-corrected chi connectivity index (χ3v) is 5.21. The summed E-state index contributed by atoms with van der Waals surface area (Å²) in [5, 5.41) is 14.5. The van der Waals surface area contributed by atoms with Crippen LogP contribution in [0.2, 0.25) is 0 Å². The second-order valence-corrected chi connectivity index (χ2v) is 7.23. The number of nitrogens with zero attached hydrogens (tertiary/aromatic N) is 3. The van der Waals surface area contributed by atoms with Crippen LogP contribution in [0, 0.1) is 0 Å². The van der Waals surface area contributed by atoms with E-state index in [1.807, 2.05) is 48.5 Å². The summed E-state index contributed by atoms with van der Waals surface area (Å²) in [5.74, 6) is 1.29. The zero-order valence-electron chi connectivity index (χ0n) is 16.9. The number of carbonyl (C=O) groups excluding carboxylic acids is 1. The summed E-state index contributed by atoms with van der Waals surface area (Å²) in [7, 11) is 1.68. The van der Waals surface area contributed by atoms with Gasteiger partial charge >= 0.3 is 0 Å². The predicted octanol–water partition coefficient (Wildman–Crippen LogP) is 3.82. The Morgan fingerprint density at radius 3 is 2.33 bits per heavy atom. The van der Waals surface area contributed by atoms with Gasteiger partial charge in [0.15, 0.2) is 5.69 Å². The van der Waals surface area contributed by atoms with Crippen molar-refractivity contribution >= 4 is 23.1 Å². The zero-order valence-corrected chi connectivity index (χ0v) is 16.9. The first kappa shape index (κ1) is 19.7. The van der Waals surface area contributed by atoms with Crippen LogP contribution in [-0.2, 0) is 0 Å². The van der Waals surface area contributed by atoms with Crippen molar-refractivity contribution in [3.63, 3.8) is 0 Å². The van der Waals surface area contributed by atoms with Crippen molar-refractivity contribution in [2.75, 3.05) is 35.7 Å². The number of nitrogens with one attached hydrogen (secondary N) is 2. The highest BCUT2D eigenvalue weighted by Crippen LogP contribution is 2.24. The maximum atomic E-state index is 12.3. The zero-order chi connectivity index (χ0) is 20.8. The molecule has 0 aliphatic carbocycles. The predicted molar refractivity (Wildman–Crippen MR) is 118 cm³/mol. The first-order valence-electron chi connectivity index (χ1n) is 10.1. The van der Waals surface area contributed by atoms with Gasteiger partial charge < -0.3 is 20.3 Å². The lowest BCUT2D eigenvalue weighted by Gasteiger charge is -2.34. The number of para-hydroxylation sites is 1. The Morgan fingerprint density at radius 1 is 0.967 bits per heavy atom. The van der Waals surface area contributed by atoms with Crippen molar-refractivity contribution in [2.24, 2.45) is 0 Å². The van der Waals surface area contributed by atoms with Gasteiger partial charge in [0, 0.05) is 30.5 Å². The molecule has 0 atom stereocenters. The molecule has 0 saturated carbocycles. The molecule has 1 aliphatic rings. The van der Waals surface area contributed by atoms with Crippen LogP contribution >= 0.6 is 0 Å².